The van der Waals surface area contributed by atoms with E-state index in [1.54, 1.807) is 0 Å². The van der Waals surface area contributed by atoms with Crippen LogP contribution in [0, 0.1) is 5.92 Å². The lowest BCUT2D eigenvalue weighted by atomic mass is 10.2. The van der Waals surface area contributed by atoms with Gasteiger partial charge in [-0.1, -0.05) is 55.8 Å². The summed E-state index contributed by atoms with van der Waals surface area (Å²) in [6.07, 6.45) is 0. The Morgan fingerprint density at radius 2 is 1.75 bits per heavy atom. The van der Waals surface area contributed by atoms with Crippen LogP contribution in [0.5, 0.6) is 5.75 Å². The molecule has 0 aromatic heterocycles. The van der Waals surface area contributed by atoms with Crippen LogP contribution >= 0.6 is 11.6 Å². The molecule has 2 nitrogen and oxygen atoms in total. The van der Waals surface area contributed by atoms with Gasteiger partial charge in [0.25, 0.3) is 0 Å². The molecular formula is C17H20ClNO. The minimum absolute atomic E-state index is 0.506. The van der Waals surface area contributed by atoms with Crippen molar-refractivity contribution in [1.82, 2.24) is 0 Å². The zero-order valence-corrected chi connectivity index (χ0v) is 12.7. The van der Waals surface area contributed by atoms with E-state index in [-0.39, 0.29) is 0 Å². The number of para-hydroxylation sites is 2. The highest BCUT2D eigenvalue weighted by Crippen LogP contribution is 2.25. The summed E-state index contributed by atoms with van der Waals surface area (Å²) in [5.74, 6) is 1.39. The van der Waals surface area contributed by atoms with Crippen LogP contribution in [0.25, 0.3) is 0 Å². The highest BCUT2D eigenvalue weighted by Gasteiger charge is 2.05. The first-order valence-electron chi connectivity index (χ1n) is 6.86. The lowest BCUT2D eigenvalue weighted by Crippen LogP contribution is -2.07. The number of rotatable bonds is 6. The first-order chi connectivity index (χ1) is 9.66. The number of ether oxygens (including phenoxy) is 1. The Bertz CT molecular complexity index is 554. The standard InChI is InChI=1S/C17H20ClNO/c1-13(2)12-20-17-10-6-5-9-16(17)19-11-14-7-3-4-8-15(14)18/h3-10,13,19H,11-12H2,1-2H3. The van der Waals surface area contributed by atoms with E-state index in [9.17, 15) is 0 Å². The molecule has 2 rings (SSSR count). The second-order valence-corrected chi connectivity index (χ2v) is 5.55. The molecule has 0 aliphatic rings. The maximum absolute atomic E-state index is 6.16. The molecule has 0 saturated carbocycles. The van der Waals surface area contributed by atoms with Crippen molar-refractivity contribution in [2.24, 2.45) is 5.92 Å². The Morgan fingerprint density at radius 1 is 1.05 bits per heavy atom. The molecule has 1 N–H and O–H groups in total. The molecule has 0 bridgehead atoms. The molecule has 20 heavy (non-hydrogen) atoms. The predicted molar refractivity (Wildman–Crippen MR) is 85.6 cm³/mol. The van der Waals surface area contributed by atoms with Crippen LogP contribution in [0.1, 0.15) is 19.4 Å². The topological polar surface area (TPSA) is 21.3 Å². The van der Waals surface area contributed by atoms with Crippen LogP contribution in [-0.4, -0.2) is 6.61 Å². The Hall–Kier alpha value is -1.67. The third-order valence-electron chi connectivity index (χ3n) is 2.89. The van der Waals surface area contributed by atoms with Crippen molar-refractivity contribution in [2.45, 2.75) is 20.4 Å². The second-order valence-electron chi connectivity index (χ2n) is 5.15. The molecule has 0 radical (unpaired) electrons. The zero-order chi connectivity index (χ0) is 14.4. The van der Waals surface area contributed by atoms with Crippen molar-refractivity contribution < 1.29 is 4.74 Å². The smallest absolute Gasteiger partial charge is 0.142 e. The van der Waals surface area contributed by atoms with Crippen molar-refractivity contribution in [3.8, 4) is 5.75 Å². The summed E-state index contributed by atoms with van der Waals surface area (Å²) >= 11 is 6.16. The van der Waals surface area contributed by atoms with Gasteiger partial charge in [0, 0.05) is 11.6 Å². The van der Waals surface area contributed by atoms with Crippen molar-refractivity contribution in [3.63, 3.8) is 0 Å². The molecule has 0 heterocycles. The quantitative estimate of drug-likeness (QED) is 0.809. The van der Waals surface area contributed by atoms with E-state index in [1.165, 1.54) is 0 Å². The Balaban J connectivity index is 2.04. The summed E-state index contributed by atoms with van der Waals surface area (Å²) in [4.78, 5) is 0. The van der Waals surface area contributed by atoms with E-state index in [4.69, 9.17) is 16.3 Å². The van der Waals surface area contributed by atoms with E-state index < -0.39 is 0 Å². The highest BCUT2D eigenvalue weighted by atomic mass is 35.5. The first kappa shape index (κ1) is 14.7. The van der Waals surface area contributed by atoms with Gasteiger partial charge in [-0.2, -0.15) is 0 Å². The Labute approximate surface area is 125 Å². The molecule has 0 unspecified atom stereocenters. The maximum Gasteiger partial charge on any atom is 0.142 e. The minimum atomic E-state index is 0.506. The zero-order valence-electron chi connectivity index (χ0n) is 11.9. The van der Waals surface area contributed by atoms with Gasteiger partial charge in [0.2, 0.25) is 0 Å². The van der Waals surface area contributed by atoms with Crippen molar-refractivity contribution >= 4 is 17.3 Å². The molecule has 2 aromatic rings. The minimum Gasteiger partial charge on any atom is -0.491 e. The number of halogens is 1. The first-order valence-corrected chi connectivity index (χ1v) is 7.23. The van der Waals surface area contributed by atoms with E-state index >= 15 is 0 Å². The number of benzene rings is 2. The lowest BCUT2D eigenvalue weighted by molar-refractivity contribution is 0.272. The van der Waals surface area contributed by atoms with Gasteiger partial charge in [-0.15, -0.1) is 0 Å². The third kappa shape index (κ3) is 4.17. The fraction of sp³-hybridized carbons (Fsp3) is 0.294. The van der Waals surface area contributed by atoms with Gasteiger partial charge in [-0.25, -0.2) is 0 Å². The van der Waals surface area contributed by atoms with Crippen LogP contribution in [0.2, 0.25) is 5.02 Å². The summed E-state index contributed by atoms with van der Waals surface area (Å²) < 4.78 is 5.82. The molecule has 2 aromatic carbocycles. The van der Waals surface area contributed by atoms with E-state index in [0.29, 0.717) is 19.1 Å². The summed E-state index contributed by atoms with van der Waals surface area (Å²) in [5.41, 5.74) is 2.07. The summed E-state index contributed by atoms with van der Waals surface area (Å²) in [6, 6.07) is 15.8. The second kappa shape index (κ2) is 7.20. The molecule has 0 atom stereocenters. The number of hydrogen-bond acceptors (Lipinski definition) is 2. The SMILES string of the molecule is CC(C)COc1ccccc1NCc1ccccc1Cl. The lowest BCUT2D eigenvalue weighted by Gasteiger charge is -2.15. The van der Waals surface area contributed by atoms with Gasteiger partial charge in [0.15, 0.2) is 0 Å². The van der Waals surface area contributed by atoms with E-state index in [0.717, 1.165) is 22.0 Å². The number of hydrogen-bond donors (Lipinski definition) is 1. The largest absolute Gasteiger partial charge is 0.491 e. The van der Waals surface area contributed by atoms with Crippen LogP contribution in [0.3, 0.4) is 0 Å². The van der Waals surface area contributed by atoms with Crippen molar-refractivity contribution in [3.05, 3.63) is 59.1 Å². The van der Waals surface area contributed by atoms with Crippen LogP contribution in [0.4, 0.5) is 5.69 Å². The van der Waals surface area contributed by atoms with Crippen LogP contribution < -0.4 is 10.1 Å². The summed E-state index contributed by atoms with van der Waals surface area (Å²) in [6.45, 7) is 5.67. The molecule has 0 aliphatic carbocycles. The Kier molecular flexibility index (Phi) is 5.31. The highest BCUT2D eigenvalue weighted by molar-refractivity contribution is 6.31. The van der Waals surface area contributed by atoms with Crippen molar-refractivity contribution in [2.75, 3.05) is 11.9 Å². The molecule has 0 aliphatic heterocycles. The number of anilines is 1. The average Bonchev–Trinajstić information content (AvgIpc) is 2.45. The molecule has 0 fully saturated rings. The fourth-order valence-electron chi connectivity index (χ4n) is 1.83. The predicted octanol–water partition coefficient (Wildman–Crippen LogP) is 4.99. The molecule has 0 saturated heterocycles. The molecular weight excluding hydrogens is 270 g/mol. The molecule has 0 spiro atoms. The van der Waals surface area contributed by atoms with Gasteiger partial charge in [-0.05, 0) is 29.7 Å². The van der Waals surface area contributed by atoms with Crippen LogP contribution in [0.15, 0.2) is 48.5 Å². The normalized spacial score (nSPS) is 10.6. The summed E-state index contributed by atoms with van der Waals surface area (Å²) in [7, 11) is 0. The summed E-state index contributed by atoms with van der Waals surface area (Å²) in [5, 5.41) is 4.16. The van der Waals surface area contributed by atoms with Gasteiger partial charge in [0.1, 0.15) is 5.75 Å². The monoisotopic (exact) mass is 289 g/mol. The fourth-order valence-corrected chi connectivity index (χ4v) is 2.03. The maximum atomic E-state index is 6.16. The third-order valence-corrected chi connectivity index (χ3v) is 3.26. The van der Waals surface area contributed by atoms with Gasteiger partial charge in [0.05, 0.1) is 12.3 Å². The number of nitrogens with one attached hydrogen (secondary N) is 1. The van der Waals surface area contributed by atoms with Gasteiger partial charge in [-0.3, -0.25) is 0 Å². The average molecular weight is 290 g/mol. The molecule has 0 amide bonds. The van der Waals surface area contributed by atoms with Crippen LogP contribution in [-0.2, 0) is 6.54 Å². The Morgan fingerprint density at radius 3 is 2.50 bits per heavy atom. The molecule has 3 heteroatoms. The molecule has 106 valence electrons. The van der Waals surface area contributed by atoms with E-state index in [1.807, 2.05) is 48.5 Å². The van der Waals surface area contributed by atoms with Crippen molar-refractivity contribution in [1.29, 1.82) is 0 Å². The van der Waals surface area contributed by atoms with Gasteiger partial charge < -0.3 is 10.1 Å². The van der Waals surface area contributed by atoms with Gasteiger partial charge >= 0.3 is 0 Å². The van der Waals surface area contributed by atoms with E-state index in [2.05, 4.69) is 19.2 Å².